The molecule has 8 heteroatoms. The summed E-state index contributed by atoms with van der Waals surface area (Å²) in [5.41, 5.74) is 0. The van der Waals surface area contributed by atoms with Crippen molar-refractivity contribution in [3.63, 3.8) is 0 Å². The van der Waals surface area contributed by atoms with E-state index in [2.05, 4.69) is 26.1 Å². The molecule has 1 aliphatic heterocycles. The molecule has 2 rings (SSSR count). The molecular formula is C16H22BrN3O3S. The Morgan fingerprint density at radius 2 is 2.08 bits per heavy atom. The van der Waals surface area contributed by atoms with Crippen LogP contribution in [-0.2, 0) is 14.3 Å². The fraction of sp³-hybridized carbons (Fsp3) is 0.500. The largest absolute Gasteiger partial charge is 0.383 e. The molecule has 1 aliphatic rings. The van der Waals surface area contributed by atoms with Crippen molar-refractivity contribution in [2.75, 3.05) is 53.0 Å². The zero-order valence-corrected chi connectivity index (χ0v) is 16.1. The summed E-state index contributed by atoms with van der Waals surface area (Å²) in [6.07, 6.45) is 3.46. The van der Waals surface area contributed by atoms with Gasteiger partial charge in [0.2, 0.25) is 11.8 Å². The molecule has 0 bridgehead atoms. The molecule has 1 aromatic rings. The number of ether oxygens (including phenoxy) is 1. The number of thiophene rings is 1. The van der Waals surface area contributed by atoms with Crippen LogP contribution in [0.3, 0.4) is 0 Å². The van der Waals surface area contributed by atoms with Gasteiger partial charge >= 0.3 is 0 Å². The first-order chi connectivity index (χ1) is 11.6. The highest BCUT2D eigenvalue weighted by Crippen LogP contribution is 2.23. The Labute approximate surface area is 154 Å². The van der Waals surface area contributed by atoms with E-state index in [0.717, 1.165) is 8.66 Å². The molecule has 0 radical (unpaired) electrons. The average molecular weight is 416 g/mol. The molecule has 24 heavy (non-hydrogen) atoms. The summed E-state index contributed by atoms with van der Waals surface area (Å²) < 4.78 is 5.95. The van der Waals surface area contributed by atoms with Gasteiger partial charge in [-0.15, -0.1) is 11.3 Å². The molecule has 0 aromatic carbocycles. The molecule has 0 aliphatic carbocycles. The van der Waals surface area contributed by atoms with E-state index >= 15 is 0 Å². The van der Waals surface area contributed by atoms with Crippen molar-refractivity contribution in [3.8, 4) is 0 Å². The zero-order valence-electron chi connectivity index (χ0n) is 13.7. The van der Waals surface area contributed by atoms with Crippen molar-refractivity contribution in [1.29, 1.82) is 0 Å². The number of hydrogen-bond acceptors (Lipinski definition) is 5. The third-order valence-electron chi connectivity index (χ3n) is 3.66. The van der Waals surface area contributed by atoms with Gasteiger partial charge < -0.3 is 15.0 Å². The first-order valence-corrected chi connectivity index (χ1v) is 9.40. The van der Waals surface area contributed by atoms with Crippen molar-refractivity contribution in [1.82, 2.24) is 15.1 Å². The van der Waals surface area contributed by atoms with E-state index in [1.165, 1.54) is 0 Å². The predicted molar refractivity (Wildman–Crippen MR) is 99.0 cm³/mol. The minimum absolute atomic E-state index is 0.00463. The van der Waals surface area contributed by atoms with Gasteiger partial charge in [-0.1, -0.05) is 0 Å². The molecule has 1 aromatic heterocycles. The number of nitrogens with zero attached hydrogens (tertiary/aromatic N) is 2. The fourth-order valence-electron chi connectivity index (χ4n) is 2.35. The highest BCUT2D eigenvalue weighted by atomic mass is 79.9. The minimum Gasteiger partial charge on any atom is -0.383 e. The summed E-state index contributed by atoms with van der Waals surface area (Å²) in [6, 6.07) is 3.93. The second-order valence-corrected chi connectivity index (χ2v) is 7.91. The van der Waals surface area contributed by atoms with Crippen molar-refractivity contribution in [3.05, 3.63) is 26.9 Å². The fourth-order valence-corrected chi connectivity index (χ4v) is 3.68. The maximum absolute atomic E-state index is 12.2. The van der Waals surface area contributed by atoms with Gasteiger partial charge in [-0.05, 0) is 34.1 Å². The van der Waals surface area contributed by atoms with Crippen LogP contribution in [0.5, 0.6) is 0 Å². The highest BCUT2D eigenvalue weighted by molar-refractivity contribution is 9.11. The Balaban J connectivity index is 1.71. The lowest BCUT2D eigenvalue weighted by Crippen LogP contribution is -2.51. The number of nitrogens with one attached hydrogen (secondary N) is 1. The molecule has 0 saturated carbocycles. The maximum atomic E-state index is 12.2. The molecule has 1 N–H and O–H groups in total. The molecule has 2 amide bonds. The van der Waals surface area contributed by atoms with Crippen LogP contribution in [-0.4, -0.2) is 74.6 Å². The molecule has 0 spiro atoms. The summed E-state index contributed by atoms with van der Waals surface area (Å²) in [4.78, 5) is 28.9. The number of halogens is 1. The minimum atomic E-state index is -0.00463. The third-order valence-corrected chi connectivity index (χ3v) is 5.25. The van der Waals surface area contributed by atoms with E-state index in [4.69, 9.17) is 4.74 Å². The molecule has 2 heterocycles. The standard InChI is InChI=1S/C16H22BrN3O3S/c1-23-11-6-18-15(21)12-19-7-9-20(10-8-19)16(22)5-3-13-2-4-14(17)24-13/h2-5H,6-12H2,1H3,(H,18,21). The molecule has 6 nitrogen and oxygen atoms in total. The van der Waals surface area contributed by atoms with Crippen molar-refractivity contribution in [2.45, 2.75) is 0 Å². The number of hydrogen-bond donors (Lipinski definition) is 1. The number of methoxy groups -OCH3 is 1. The summed E-state index contributed by atoms with van der Waals surface area (Å²) in [7, 11) is 1.61. The zero-order chi connectivity index (χ0) is 17.4. The van der Waals surface area contributed by atoms with Crippen LogP contribution in [0.1, 0.15) is 4.88 Å². The van der Waals surface area contributed by atoms with Crippen LogP contribution in [0.15, 0.2) is 22.0 Å². The lowest BCUT2D eigenvalue weighted by atomic mass is 10.3. The first kappa shape index (κ1) is 19.1. The van der Waals surface area contributed by atoms with Gasteiger partial charge in [0.15, 0.2) is 0 Å². The second-order valence-electron chi connectivity index (χ2n) is 5.42. The summed E-state index contributed by atoms with van der Waals surface area (Å²) in [5.74, 6) is 0.0127. The maximum Gasteiger partial charge on any atom is 0.246 e. The lowest BCUT2D eigenvalue weighted by molar-refractivity contribution is -0.128. The molecule has 1 saturated heterocycles. The topological polar surface area (TPSA) is 61.9 Å². The van der Waals surface area contributed by atoms with Gasteiger partial charge in [0, 0.05) is 50.8 Å². The highest BCUT2D eigenvalue weighted by Gasteiger charge is 2.21. The van der Waals surface area contributed by atoms with Crippen molar-refractivity contribution < 1.29 is 14.3 Å². The van der Waals surface area contributed by atoms with Crippen molar-refractivity contribution in [2.24, 2.45) is 0 Å². The van der Waals surface area contributed by atoms with Gasteiger partial charge in [-0.25, -0.2) is 0 Å². The molecule has 0 unspecified atom stereocenters. The van der Waals surface area contributed by atoms with E-state index < -0.39 is 0 Å². The quantitative estimate of drug-likeness (QED) is 0.540. The van der Waals surface area contributed by atoms with Gasteiger partial charge in [0.1, 0.15) is 0 Å². The number of rotatable bonds is 7. The van der Waals surface area contributed by atoms with E-state index in [1.807, 2.05) is 23.1 Å². The number of piperazine rings is 1. The van der Waals surface area contributed by atoms with Crippen LogP contribution in [0, 0.1) is 0 Å². The molecule has 0 atom stereocenters. The SMILES string of the molecule is COCCNC(=O)CN1CCN(C(=O)C=Cc2ccc(Br)s2)CC1. The van der Waals surface area contributed by atoms with E-state index in [1.54, 1.807) is 24.5 Å². The summed E-state index contributed by atoms with van der Waals surface area (Å²) in [5, 5.41) is 2.81. The predicted octanol–water partition coefficient (Wildman–Crippen LogP) is 1.43. The van der Waals surface area contributed by atoms with Gasteiger partial charge in [-0.3, -0.25) is 14.5 Å². The molecular weight excluding hydrogens is 394 g/mol. The Hall–Kier alpha value is -1.22. The Kier molecular flexibility index (Phi) is 7.90. The van der Waals surface area contributed by atoms with Gasteiger partial charge in [-0.2, -0.15) is 0 Å². The Morgan fingerprint density at radius 3 is 2.71 bits per heavy atom. The molecule has 1 fully saturated rings. The smallest absolute Gasteiger partial charge is 0.246 e. The lowest BCUT2D eigenvalue weighted by Gasteiger charge is -2.33. The average Bonchev–Trinajstić information content (AvgIpc) is 2.99. The monoisotopic (exact) mass is 415 g/mol. The summed E-state index contributed by atoms with van der Waals surface area (Å²) in [6.45, 7) is 4.11. The number of carbonyl (C=O) groups excluding carboxylic acids is 2. The Bertz CT molecular complexity index is 583. The van der Waals surface area contributed by atoms with Crippen LogP contribution in [0.25, 0.3) is 6.08 Å². The van der Waals surface area contributed by atoms with E-state index in [9.17, 15) is 9.59 Å². The van der Waals surface area contributed by atoms with E-state index in [0.29, 0.717) is 45.9 Å². The first-order valence-electron chi connectivity index (χ1n) is 7.79. The van der Waals surface area contributed by atoms with Crippen LogP contribution >= 0.6 is 27.3 Å². The Morgan fingerprint density at radius 1 is 1.33 bits per heavy atom. The number of carbonyl (C=O) groups is 2. The third kappa shape index (κ3) is 6.35. The van der Waals surface area contributed by atoms with E-state index in [-0.39, 0.29) is 11.8 Å². The van der Waals surface area contributed by atoms with Crippen molar-refractivity contribution >= 4 is 45.2 Å². The van der Waals surface area contributed by atoms with Crippen LogP contribution in [0.4, 0.5) is 0 Å². The van der Waals surface area contributed by atoms with Crippen LogP contribution < -0.4 is 5.32 Å². The number of amides is 2. The second kappa shape index (κ2) is 9.93. The molecule has 132 valence electrons. The van der Waals surface area contributed by atoms with Gasteiger partial charge in [0.25, 0.3) is 0 Å². The summed E-state index contributed by atoms with van der Waals surface area (Å²) >= 11 is 4.99. The van der Waals surface area contributed by atoms with Crippen LogP contribution in [0.2, 0.25) is 0 Å². The normalized spacial score (nSPS) is 15.8. The van der Waals surface area contributed by atoms with Gasteiger partial charge in [0.05, 0.1) is 16.9 Å².